The highest BCUT2D eigenvalue weighted by Crippen LogP contribution is 2.15. The number of amides is 1. The van der Waals surface area contributed by atoms with Crippen molar-refractivity contribution in [2.24, 2.45) is 0 Å². The Hall–Kier alpha value is -1.87. The number of rotatable bonds is 4. The van der Waals surface area contributed by atoms with E-state index in [0.717, 1.165) is 30.5 Å². The number of benzene rings is 2. The second kappa shape index (κ2) is 6.06. The molecular weight excluding hydrogens is 248 g/mol. The Morgan fingerprint density at radius 1 is 1.20 bits per heavy atom. The van der Waals surface area contributed by atoms with Gasteiger partial charge in [0.1, 0.15) is 0 Å². The Kier molecular flexibility index (Phi) is 3.97. The van der Waals surface area contributed by atoms with Crippen LogP contribution in [-0.2, 0) is 0 Å². The molecule has 20 heavy (non-hydrogen) atoms. The number of hydrogen-bond acceptors (Lipinski definition) is 2. The summed E-state index contributed by atoms with van der Waals surface area (Å²) in [7, 11) is 0. The topological polar surface area (TPSA) is 41.1 Å². The van der Waals surface area contributed by atoms with Gasteiger partial charge in [0.2, 0.25) is 0 Å². The molecular formula is C17H20N2O. The zero-order valence-corrected chi connectivity index (χ0v) is 11.6. The Labute approximate surface area is 119 Å². The molecule has 2 aromatic rings. The first kappa shape index (κ1) is 13.1. The standard InChI is InChI=1S/C17H20N2O/c20-17(19-11-9-16-6-3-10-18-16)15-8-7-13-4-1-2-5-14(13)12-15/h1-2,4-5,7-8,12,16,18H,3,6,9-11H2,(H,19,20)/t16-/m1/s1. The molecule has 1 heterocycles. The highest BCUT2D eigenvalue weighted by molar-refractivity contribution is 5.98. The van der Waals surface area contributed by atoms with Gasteiger partial charge in [-0.3, -0.25) is 4.79 Å². The van der Waals surface area contributed by atoms with Gasteiger partial charge < -0.3 is 10.6 Å². The van der Waals surface area contributed by atoms with Crippen LogP contribution in [-0.4, -0.2) is 25.0 Å². The summed E-state index contributed by atoms with van der Waals surface area (Å²) in [4.78, 5) is 12.1. The summed E-state index contributed by atoms with van der Waals surface area (Å²) in [5, 5.41) is 8.73. The van der Waals surface area contributed by atoms with Gasteiger partial charge in [-0.2, -0.15) is 0 Å². The highest BCUT2D eigenvalue weighted by atomic mass is 16.1. The molecule has 2 N–H and O–H groups in total. The first-order valence-electron chi connectivity index (χ1n) is 7.33. The van der Waals surface area contributed by atoms with Crippen LogP contribution < -0.4 is 10.6 Å². The van der Waals surface area contributed by atoms with Crippen molar-refractivity contribution in [3.05, 3.63) is 48.0 Å². The quantitative estimate of drug-likeness (QED) is 0.895. The van der Waals surface area contributed by atoms with Gasteiger partial charge in [-0.15, -0.1) is 0 Å². The maximum absolute atomic E-state index is 12.1. The second-order valence-electron chi connectivity index (χ2n) is 5.40. The SMILES string of the molecule is O=C(NCC[C@H]1CCCN1)c1ccc2ccccc2c1. The van der Waals surface area contributed by atoms with Gasteiger partial charge in [0.05, 0.1) is 0 Å². The minimum Gasteiger partial charge on any atom is -0.352 e. The minimum absolute atomic E-state index is 0.0220. The summed E-state index contributed by atoms with van der Waals surface area (Å²) in [5.74, 6) is 0.0220. The third-order valence-corrected chi connectivity index (χ3v) is 3.95. The van der Waals surface area contributed by atoms with Crippen molar-refractivity contribution in [1.29, 1.82) is 0 Å². The van der Waals surface area contributed by atoms with E-state index in [1.165, 1.54) is 18.2 Å². The third-order valence-electron chi connectivity index (χ3n) is 3.95. The number of carbonyl (C=O) groups is 1. The molecule has 1 aliphatic heterocycles. The summed E-state index contributed by atoms with van der Waals surface area (Å²) in [6.45, 7) is 1.85. The van der Waals surface area contributed by atoms with Crippen LogP contribution in [0.5, 0.6) is 0 Å². The van der Waals surface area contributed by atoms with Gasteiger partial charge >= 0.3 is 0 Å². The van der Waals surface area contributed by atoms with E-state index < -0.39 is 0 Å². The van der Waals surface area contributed by atoms with Gasteiger partial charge in [-0.05, 0) is 48.7 Å². The molecule has 2 aromatic carbocycles. The van der Waals surface area contributed by atoms with Crippen molar-refractivity contribution < 1.29 is 4.79 Å². The van der Waals surface area contributed by atoms with Crippen molar-refractivity contribution in [2.45, 2.75) is 25.3 Å². The van der Waals surface area contributed by atoms with Crippen LogP contribution in [0.2, 0.25) is 0 Å². The Morgan fingerprint density at radius 3 is 2.85 bits per heavy atom. The van der Waals surface area contributed by atoms with Crippen molar-refractivity contribution in [1.82, 2.24) is 10.6 Å². The fraction of sp³-hybridized carbons (Fsp3) is 0.353. The maximum Gasteiger partial charge on any atom is 0.251 e. The van der Waals surface area contributed by atoms with E-state index >= 15 is 0 Å². The molecule has 1 atom stereocenters. The van der Waals surface area contributed by atoms with Crippen LogP contribution >= 0.6 is 0 Å². The van der Waals surface area contributed by atoms with Gasteiger partial charge in [0, 0.05) is 18.2 Å². The Balaban J connectivity index is 1.60. The zero-order chi connectivity index (χ0) is 13.8. The predicted molar refractivity (Wildman–Crippen MR) is 81.9 cm³/mol. The van der Waals surface area contributed by atoms with Gasteiger partial charge in [0.15, 0.2) is 0 Å². The van der Waals surface area contributed by atoms with E-state index in [0.29, 0.717) is 6.04 Å². The molecule has 1 saturated heterocycles. The molecule has 0 radical (unpaired) electrons. The average molecular weight is 268 g/mol. The van der Waals surface area contributed by atoms with E-state index in [2.05, 4.69) is 16.7 Å². The molecule has 104 valence electrons. The first-order valence-corrected chi connectivity index (χ1v) is 7.33. The Bertz CT molecular complexity index is 603. The lowest BCUT2D eigenvalue weighted by molar-refractivity contribution is 0.0952. The third kappa shape index (κ3) is 2.99. The van der Waals surface area contributed by atoms with Crippen molar-refractivity contribution in [3.8, 4) is 0 Å². The highest BCUT2D eigenvalue weighted by Gasteiger charge is 2.14. The van der Waals surface area contributed by atoms with E-state index in [1.54, 1.807) is 0 Å². The van der Waals surface area contributed by atoms with Crippen LogP contribution in [0.4, 0.5) is 0 Å². The molecule has 0 bridgehead atoms. The molecule has 3 nitrogen and oxygen atoms in total. The predicted octanol–water partition coefficient (Wildman–Crippen LogP) is 2.71. The number of hydrogen-bond donors (Lipinski definition) is 2. The van der Waals surface area contributed by atoms with Crippen LogP contribution in [0.1, 0.15) is 29.6 Å². The summed E-state index contributed by atoms with van der Waals surface area (Å²) >= 11 is 0. The van der Waals surface area contributed by atoms with Crippen LogP contribution in [0.3, 0.4) is 0 Å². The van der Waals surface area contributed by atoms with Crippen molar-refractivity contribution in [3.63, 3.8) is 0 Å². The lowest BCUT2D eigenvalue weighted by Crippen LogP contribution is -2.30. The van der Waals surface area contributed by atoms with Gasteiger partial charge in [0.25, 0.3) is 5.91 Å². The molecule has 1 aliphatic rings. The monoisotopic (exact) mass is 268 g/mol. The fourth-order valence-corrected chi connectivity index (χ4v) is 2.80. The van der Waals surface area contributed by atoms with E-state index in [-0.39, 0.29) is 5.91 Å². The summed E-state index contributed by atoms with van der Waals surface area (Å²) < 4.78 is 0. The lowest BCUT2D eigenvalue weighted by atomic mass is 10.1. The largest absolute Gasteiger partial charge is 0.352 e. The molecule has 0 saturated carbocycles. The van der Waals surface area contributed by atoms with Crippen LogP contribution in [0.25, 0.3) is 10.8 Å². The van der Waals surface area contributed by atoms with Gasteiger partial charge in [-0.25, -0.2) is 0 Å². The van der Waals surface area contributed by atoms with E-state index in [9.17, 15) is 4.79 Å². The van der Waals surface area contributed by atoms with E-state index in [4.69, 9.17) is 0 Å². The number of carbonyl (C=O) groups excluding carboxylic acids is 1. The molecule has 0 unspecified atom stereocenters. The fourth-order valence-electron chi connectivity index (χ4n) is 2.80. The molecule has 3 rings (SSSR count). The molecule has 0 aromatic heterocycles. The molecule has 1 fully saturated rings. The number of nitrogens with one attached hydrogen (secondary N) is 2. The molecule has 0 aliphatic carbocycles. The number of fused-ring (bicyclic) bond motifs is 1. The van der Waals surface area contributed by atoms with Crippen LogP contribution in [0.15, 0.2) is 42.5 Å². The normalized spacial score (nSPS) is 18.3. The first-order chi connectivity index (χ1) is 9.83. The Morgan fingerprint density at radius 2 is 2.05 bits per heavy atom. The van der Waals surface area contributed by atoms with Gasteiger partial charge in [-0.1, -0.05) is 30.3 Å². The summed E-state index contributed by atoms with van der Waals surface area (Å²) in [6, 6.07) is 14.5. The lowest BCUT2D eigenvalue weighted by Gasteiger charge is -2.11. The van der Waals surface area contributed by atoms with Crippen LogP contribution in [0, 0.1) is 0 Å². The summed E-state index contributed by atoms with van der Waals surface area (Å²) in [6.07, 6.45) is 3.49. The van der Waals surface area contributed by atoms with E-state index in [1.807, 2.05) is 36.4 Å². The summed E-state index contributed by atoms with van der Waals surface area (Å²) in [5.41, 5.74) is 0.739. The minimum atomic E-state index is 0.0220. The second-order valence-corrected chi connectivity index (χ2v) is 5.40. The smallest absolute Gasteiger partial charge is 0.251 e. The molecule has 3 heteroatoms. The maximum atomic E-state index is 12.1. The van der Waals surface area contributed by atoms with Crippen molar-refractivity contribution in [2.75, 3.05) is 13.1 Å². The average Bonchev–Trinajstić information content (AvgIpc) is 3.00. The zero-order valence-electron chi connectivity index (χ0n) is 11.6. The molecule has 0 spiro atoms. The van der Waals surface area contributed by atoms with Crippen molar-refractivity contribution >= 4 is 16.7 Å². The molecule has 1 amide bonds.